The fourth-order valence-corrected chi connectivity index (χ4v) is 8.21. The van der Waals surface area contributed by atoms with Crippen molar-refractivity contribution in [1.29, 1.82) is 0 Å². The van der Waals surface area contributed by atoms with Crippen molar-refractivity contribution in [3.8, 4) is 11.5 Å². The number of hydrogen-bond acceptors (Lipinski definition) is 15. The molecule has 9 atom stereocenters. The fourth-order valence-electron chi connectivity index (χ4n) is 8.21. The van der Waals surface area contributed by atoms with Crippen LogP contribution in [0.25, 0.3) is 0 Å². The van der Waals surface area contributed by atoms with Crippen LogP contribution in [0.2, 0.25) is 0 Å². The van der Waals surface area contributed by atoms with E-state index < -0.39 is 112 Å². The number of amides is 3. The van der Waals surface area contributed by atoms with Gasteiger partial charge in [0.25, 0.3) is 11.7 Å². The summed E-state index contributed by atoms with van der Waals surface area (Å²) in [5, 5.41) is 41.0. The lowest BCUT2D eigenvalue weighted by Crippen LogP contribution is -2.46. The molecule has 1 aromatic carbocycles. The van der Waals surface area contributed by atoms with E-state index in [1.54, 1.807) is 38.7 Å². The van der Waals surface area contributed by atoms with E-state index in [0.717, 1.165) is 6.26 Å². The number of likely N-dealkylation sites (tertiary alicyclic amines) is 1. The lowest BCUT2D eigenvalue weighted by atomic mass is 9.78. The van der Waals surface area contributed by atoms with Crippen LogP contribution in [0.3, 0.4) is 0 Å². The Kier molecular flexibility index (Phi) is 14.0. The van der Waals surface area contributed by atoms with E-state index in [0.29, 0.717) is 5.71 Å². The van der Waals surface area contributed by atoms with E-state index in [-0.39, 0.29) is 54.1 Å². The summed E-state index contributed by atoms with van der Waals surface area (Å²) in [6.07, 6.45) is 3.67. The molecule has 0 radical (unpaired) electrons. The zero-order valence-corrected chi connectivity index (χ0v) is 35.7. The first-order valence-electron chi connectivity index (χ1n) is 20.0. The van der Waals surface area contributed by atoms with Gasteiger partial charge in [-0.05, 0) is 19.9 Å². The first-order chi connectivity index (χ1) is 28.6. The molecular weight excluding hydrogens is 794 g/mol. The number of fused-ring (bicyclic) bond motifs is 14. The molecule has 5 bridgehead atoms. The number of Topliss-reactive ketones (excluding diaryl/α,β-unsaturated/α-hetero) is 3. The summed E-state index contributed by atoms with van der Waals surface area (Å²) in [5.74, 6) is -9.57. The van der Waals surface area contributed by atoms with Crippen molar-refractivity contribution in [1.82, 2.24) is 15.6 Å². The average molecular weight is 850 g/mol. The number of carbonyl (C=O) groups is 6. The largest absolute Gasteiger partial charge is 0.507 e. The summed E-state index contributed by atoms with van der Waals surface area (Å²) in [6.45, 7) is 12.4. The Morgan fingerprint density at radius 2 is 1.62 bits per heavy atom. The predicted molar refractivity (Wildman–Crippen MR) is 219 cm³/mol. The normalized spacial score (nSPS) is 32.0. The number of aromatic hydroxyl groups is 1. The second-order valence-corrected chi connectivity index (χ2v) is 16.2. The smallest absolute Gasteiger partial charge is 0.332 e. The highest BCUT2D eigenvalue weighted by Crippen LogP contribution is 2.49. The van der Waals surface area contributed by atoms with Crippen LogP contribution in [0.4, 0.5) is 4.79 Å². The highest BCUT2D eigenvalue weighted by Gasteiger charge is 2.53. The van der Waals surface area contributed by atoms with Crippen LogP contribution in [-0.4, -0.2) is 112 Å². The number of urea groups is 1. The molecule has 1 aromatic rings. The number of phenolic OH excluding ortho intramolecular Hbond substituents is 1. The number of primary amides is 1. The van der Waals surface area contributed by atoms with Crippen molar-refractivity contribution in [3.63, 3.8) is 0 Å². The van der Waals surface area contributed by atoms with Gasteiger partial charge < -0.3 is 50.2 Å². The number of aliphatic hydroxyl groups excluding tert-OH is 2. The number of esters is 1. The number of allylic oxidation sites excluding steroid dienone is 4. The minimum Gasteiger partial charge on any atom is -0.507 e. The molecule has 1 aliphatic carbocycles. The lowest BCUT2D eigenvalue weighted by Gasteiger charge is -2.38. The summed E-state index contributed by atoms with van der Waals surface area (Å²) in [5.41, 5.74) is 6.06. The molecule has 4 heterocycles. The van der Waals surface area contributed by atoms with Crippen LogP contribution in [0.15, 0.2) is 52.6 Å². The van der Waals surface area contributed by atoms with Gasteiger partial charge in [0, 0.05) is 87.4 Å². The molecule has 6 rings (SSSR count). The second kappa shape index (κ2) is 18.4. The van der Waals surface area contributed by atoms with Crippen LogP contribution >= 0.6 is 0 Å². The number of aliphatic hydroxyl groups is 2. The number of carbonyl (C=O) groups excluding carboxylic acids is 6. The monoisotopic (exact) mass is 849 g/mol. The van der Waals surface area contributed by atoms with Gasteiger partial charge in [-0.3, -0.25) is 24.0 Å². The summed E-state index contributed by atoms with van der Waals surface area (Å²) >= 11 is 0. The first-order valence-corrected chi connectivity index (χ1v) is 20.0. The molecule has 0 unspecified atom stereocenters. The molecule has 1 saturated heterocycles. The van der Waals surface area contributed by atoms with E-state index >= 15 is 0 Å². The quantitative estimate of drug-likeness (QED) is 0.188. The van der Waals surface area contributed by atoms with Crippen molar-refractivity contribution in [2.24, 2.45) is 34.5 Å². The molecule has 4 aliphatic heterocycles. The van der Waals surface area contributed by atoms with E-state index in [4.69, 9.17) is 24.7 Å². The third-order valence-corrected chi connectivity index (χ3v) is 11.9. The molecule has 3 amide bonds. The molecular formula is C43H55N5O13. The van der Waals surface area contributed by atoms with Gasteiger partial charge >= 0.3 is 17.8 Å². The maximum atomic E-state index is 14.9. The first kappa shape index (κ1) is 46.2. The van der Waals surface area contributed by atoms with Gasteiger partial charge in [0.1, 0.15) is 29.0 Å². The van der Waals surface area contributed by atoms with Gasteiger partial charge in [0.15, 0.2) is 0 Å². The number of nitrogens with two attached hydrogens (primary N) is 1. The third kappa shape index (κ3) is 9.11. The number of rotatable bonds is 4. The standard InChI is InChI=1S/C43H55N5O13/c1-19-11-10-12-20(2)41(56)45-31-32(48-16-13-26(14-17-48)46-47-42(44)57)37(54)28-29(36(31)53)35(52)24(6)39-30(28)40(55)43(8,61-39)59-18-15-27(58-9)21(3)38(60-25(7)49)23(5)34(51)22(4)33(19)50/h10-12,15,18-19,21-23,27,33-34,38,50-52H,13-14,16-17H2,1-9H3,(H,45,56)(H3,44,47,57)/b11-10+,18-15+,20-12-/t19-,21+,22+,23+,27-,33-,34+,38+,43-/m0/s1. The minimum atomic E-state index is -2.12. The molecule has 18 heteroatoms. The van der Waals surface area contributed by atoms with Crippen molar-refractivity contribution < 1.29 is 63.0 Å². The Balaban J connectivity index is 1.66. The van der Waals surface area contributed by atoms with Crippen LogP contribution in [0.5, 0.6) is 11.5 Å². The maximum absolute atomic E-state index is 14.9. The third-order valence-electron chi connectivity index (χ3n) is 11.9. The zero-order chi connectivity index (χ0) is 45.2. The summed E-state index contributed by atoms with van der Waals surface area (Å²) < 4.78 is 23.5. The highest BCUT2D eigenvalue weighted by molar-refractivity contribution is 6.32. The van der Waals surface area contributed by atoms with Gasteiger partial charge in [-0.25, -0.2) is 10.2 Å². The second-order valence-electron chi connectivity index (χ2n) is 16.2. The molecule has 18 nitrogen and oxygen atoms in total. The van der Waals surface area contributed by atoms with Gasteiger partial charge in [0.05, 0.1) is 41.3 Å². The molecule has 61 heavy (non-hydrogen) atoms. The number of nitrogens with zero attached hydrogens (tertiary/aromatic N) is 2. The average Bonchev–Trinajstić information content (AvgIpc) is 3.48. The van der Waals surface area contributed by atoms with Crippen molar-refractivity contribution in [2.45, 2.75) is 98.4 Å². The highest BCUT2D eigenvalue weighted by atomic mass is 16.7. The minimum absolute atomic E-state index is 0.0353. The number of nitrogens with one attached hydrogen (secondary N) is 2. The van der Waals surface area contributed by atoms with Gasteiger partial charge in [0.2, 0.25) is 11.6 Å². The van der Waals surface area contributed by atoms with Gasteiger partial charge in [-0.2, -0.15) is 5.10 Å². The van der Waals surface area contributed by atoms with Crippen LogP contribution in [-0.2, 0) is 23.8 Å². The Morgan fingerprint density at radius 1 is 0.967 bits per heavy atom. The van der Waals surface area contributed by atoms with Crippen molar-refractivity contribution in [2.75, 3.05) is 20.2 Å². The van der Waals surface area contributed by atoms with Crippen LogP contribution in [0.1, 0.15) is 97.9 Å². The molecule has 0 spiro atoms. The number of ketones is 3. The number of hydrogen-bond donors (Lipinski definition) is 6. The van der Waals surface area contributed by atoms with E-state index in [1.807, 2.05) is 0 Å². The summed E-state index contributed by atoms with van der Waals surface area (Å²) in [4.78, 5) is 82.9. The van der Waals surface area contributed by atoms with E-state index in [1.165, 1.54) is 53.0 Å². The predicted octanol–water partition coefficient (Wildman–Crippen LogP) is 3.08. The number of benzene rings is 1. The number of ether oxygens (including phenoxy) is 4. The number of phenols is 1. The Bertz CT molecular complexity index is 2150. The number of methoxy groups -OCH3 is 1. The van der Waals surface area contributed by atoms with Gasteiger partial charge in [-0.1, -0.05) is 45.9 Å². The maximum Gasteiger partial charge on any atom is 0.332 e. The molecule has 1 fully saturated rings. The lowest BCUT2D eigenvalue weighted by molar-refractivity contribution is -0.160. The SMILES string of the molecule is CO[C@H]1/C=C/O[C@@]2(C)Oc3c(C)c(O)c4c(c3C2=O)C(=O)C(N2CCC(=NNC(N)=O)CC2)=C(NC(=O)/C(C)=C\C=C\[C@H](C)[C@H](O)[C@@H](C)[C@@H](O)[C@@H](C)[C@H](OC(C)=O)[C@@H]1C)C4=O. The Morgan fingerprint density at radius 3 is 2.23 bits per heavy atom. The van der Waals surface area contributed by atoms with Crippen LogP contribution < -0.4 is 21.2 Å². The topological polar surface area (TPSA) is 266 Å². The number of piperidine rings is 1. The van der Waals surface area contributed by atoms with Crippen LogP contribution in [0, 0.1) is 30.6 Å². The fraction of sp³-hybridized carbons (Fsp3) is 0.512. The molecule has 330 valence electrons. The van der Waals surface area contributed by atoms with Gasteiger partial charge in [-0.15, -0.1) is 0 Å². The Hall–Kier alpha value is -5.85. The zero-order valence-electron chi connectivity index (χ0n) is 35.7. The van der Waals surface area contributed by atoms with Crippen molar-refractivity contribution >= 4 is 41.0 Å². The van der Waals surface area contributed by atoms with E-state index in [9.17, 15) is 44.1 Å². The summed E-state index contributed by atoms with van der Waals surface area (Å²) in [7, 11) is 1.41. The molecule has 5 aliphatic rings. The molecule has 0 aromatic heterocycles. The Labute approximate surface area is 353 Å². The van der Waals surface area contributed by atoms with E-state index in [2.05, 4.69) is 15.8 Å². The summed E-state index contributed by atoms with van der Waals surface area (Å²) in [6, 6.07) is -0.864. The van der Waals surface area contributed by atoms with Crippen molar-refractivity contribution in [3.05, 3.63) is 69.8 Å². The molecule has 7 N–H and O–H groups in total. The molecule has 0 saturated carbocycles. The number of hydrazone groups is 1.